The van der Waals surface area contributed by atoms with Crippen molar-refractivity contribution in [1.29, 1.82) is 0 Å². The molecule has 0 saturated heterocycles. The summed E-state index contributed by atoms with van der Waals surface area (Å²) in [5.74, 6) is -4.40. The van der Waals surface area contributed by atoms with Gasteiger partial charge >= 0.3 is 18.0 Å². The highest BCUT2D eigenvalue weighted by Gasteiger charge is 2.33. The Morgan fingerprint density at radius 3 is 2.36 bits per heavy atom. The van der Waals surface area contributed by atoms with Crippen LogP contribution in [0.15, 0.2) is 60.8 Å². The van der Waals surface area contributed by atoms with Gasteiger partial charge in [-0.2, -0.15) is 0 Å². The van der Waals surface area contributed by atoms with E-state index in [-0.39, 0.29) is 0 Å². The molecule has 42 heavy (non-hydrogen) atoms. The van der Waals surface area contributed by atoms with Gasteiger partial charge < -0.3 is 36.7 Å². The summed E-state index contributed by atoms with van der Waals surface area (Å²) in [6, 6.07) is 10.4. The number of imide groups is 1. The molecule has 8 N–H and O–H groups in total. The van der Waals surface area contributed by atoms with Gasteiger partial charge in [-0.15, -0.1) is 0 Å². The molecule has 0 aliphatic carbocycles. The molecule has 0 aromatic heterocycles. The van der Waals surface area contributed by atoms with E-state index in [0.717, 1.165) is 0 Å². The molecule has 0 heterocycles. The number of carbonyl (C=O) groups excluding carboxylic acids is 4. The summed E-state index contributed by atoms with van der Waals surface area (Å²) >= 11 is 0. The average Bonchev–Trinajstić information content (AvgIpc) is 2.96. The molecule has 4 amide bonds. The van der Waals surface area contributed by atoms with Crippen LogP contribution in [-0.4, -0.2) is 60.7 Å². The molecule has 0 aliphatic rings. The van der Waals surface area contributed by atoms with E-state index in [1.807, 2.05) is 0 Å². The second kappa shape index (κ2) is 16.4. The number of benzene rings is 2. The van der Waals surface area contributed by atoms with E-state index in [2.05, 4.69) is 16.0 Å². The minimum Gasteiger partial charge on any atom is -0.484 e. The molecule has 0 spiro atoms. The lowest BCUT2D eigenvalue weighted by atomic mass is 9.92. The Balaban J connectivity index is 2.01. The number of hydrogen-bond donors (Lipinski definition) is 6. The predicted molar refractivity (Wildman–Crippen MR) is 154 cm³/mol. The first-order chi connectivity index (χ1) is 19.9. The number of urea groups is 1. The van der Waals surface area contributed by atoms with Crippen LogP contribution < -0.4 is 32.2 Å². The lowest BCUT2D eigenvalue weighted by Crippen LogP contribution is -2.55. The molecule has 0 radical (unpaired) electrons. The fourth-order valence-corrected chi connectivity index (χ4v) is 4.09. The van der Waals surface area contributed by atoms with Crippen LogP contribution >= 0.6 is 0 Å². The summed E-state index contributed by atoms with van der Waals surface area (Å²) in [7, 11) is 1.28. The summed E-state index contributed by atoms with van der Waals surface area (Å²) in [6.45, 7) is 2.80. The van der Waals surface area contributed by atoms with Gasteiger partial charge in [-0.25, -0.2) is 4.79 Å². The Kier molecular flexibility index (Phi) is 13.0. The number of primary amides is 1. The van der Waals surface area contributed by atoms with Crippen LogP contribution in [0.25, 0.3) is 0 Å². The zero-order valence-electron chi connectivity index (χ0n) is 23.7. The summed E-state index contributed by atoms with van der Waals surface area (Å²) in [4.78, 5) is 60.2. The first kappa shape index (κ1) is 33.3. The second-order valence-corrected chi connectivity index (χ2v) is 9.48. The summed E-state index contributed by atoms with van der Waals surface area (Å²) in [5, 5.41) is 17.0. The zero-order valence-corrected chi connectivity index (χ0v) is 23.7. The second-order valence-electron chi connectivity index (χ2n) is 9.48. The molecule has 226 valence electrons. The highest BCUT2D eigenvalue weighted by Crippen LogP contribution is 2.27. The maximum atomic E-state index is 12.7. The number of carbonyl (C=O) groups is 5. The molecular formula is C29H37N5O8. The molecule has 0 bridgehead atoms. The summed E-state index contributed by atoms with van der Waals surface area (Å²) in [5.41, 5.74) is 12.9. The van der Waals surface area contributed by atoms with E-state index in [1.165, 1.54) is 20.2 Å². The van der Waals surface area contributed by atoms with Crippen molar-refractivity contribution in [2.24, 2.45) is 17.4 Å². The molecule has 0 fully saturated rings. The summed E-state index contributed by atoms with van der Waals surface area (Å²) < 4.78 is 10.3. The van der Waals surface area contributed by atoms with E-state index in [0.29, 0.717) is 35.4 Å². The third-order valence-corrected chi connectivity index (χ3v) is 6.42. The number of methoxy groups -OCH3 is 1. The fourth-order valence-electron chi connectivity index (χ4n) is 4.09. The Hall–Kier alpha value is -4.91. The molecule has 3 unspecified atom stereocenters. The number of rotatable bonds is 15. The molecule has 13 heteroatoms. The number of esters is 1. The fraction of sp³-hybridized carbons (Fsp3) is 0.345. The summed E-state index contributed by atoms with van der Waals surface area (Å²) in [6.07, 6.45) is 3.83. The minimum absolute atomic E-state index is 0.342. The number of allylic oxidation sites excluding steroid dienone is 1. The van der Waals surface area contributed by atoms with E-state index >= 15 is 0 Å². The van der Waals surface area contributed by atoms with Crippen molar-refractivity contribution in [3.63, 3.8) is 0 Å². The maximum absolute atomic E-state index is 12.7. The van der Waals surface area contributed by atoms with E-state index < -0.39 is 60.3 Å². The highest BCUT2D eigenvalue weighted by molar-refractivity contribution is 5.97. The van der Waals surface area contributed by atoms with Crippen LogP contribution in [0, 0.1) is 12.8 Å². The topological polar surface area (TPSA) is 212 Å². The van der Waals surface area contributed by atoms with Gasteiger partial charge in [0.1, 0.15) is 11.8 Å². The third-order valence-electron chi connectivity index (χ3n) is 6.42. The largest absolute Gasteiger partial charge is 0.484 e. The molecule has 0 saturated carbocycles. The number of ether oxygens (including phenoxy) is 2. The van der Waals surface area contributed by atoms with Gasteiger partial charge in [-0.05, 0) is 55.3 Å². The van der Waals surface area contributed by atoms with Crippen molar-refractivity contribution in [2.45, 2.75) is 44.7 Å². The lowest BCUT2D eigenvalue weighted by Gasteiger charge is -2.26. The number of anilines is 1. The van der Waals surface area contributed by atoms with Gasteiger partial charge in [0.15, 0.2) is 6.61 Å². The molecule has 0 aliphatic heterocycles. The molecule has 2 rings (SSSR count). The van der Waals surface area contributed by atoms with E-state index in [9.17, 15) is 29.1 Å². The zero-order chi connectivity index (χ0) is 31.2. The highest BCUT2D eigenvalue weighted by atomic mass is 16.5. The standard InChI is InChI=1S/C29H37N5O8/c1-17-15-19(12-13-22(17)33-29(31)40)21(28(39)41-3)11-7-8-14-32-25(24(30)27(37)38)18(2)26(36)34-23(35)16-42-20-9-5-4-6-10-20/h4-6,8-10,12-15,18,21,24-25,32H,7,11,16,30H2,1-3H3,(H,37,38)(H3,31,33,40)(H,34,35,36)/t18?,21?,24-,25?/m0/s1. The SMILES string of the molecule is COC(=O)C(CCC=CNC(C(C)C(=O)NC(=O)COc1ccccc1)[C@H](N)C(=O)O)c1ccc(NC(N)=O)c(C)c1. The normalized spacial score (nSPS) is 13.7. The van der Waals surface area contributed by atoms with Gasteiger partial charge in [0.05, 0.1) is 25.0 Å². The number of aryl methyl sites for hydroxylation is 1. The van der Waals surface area contributed by atoms with Crippen molar-refractivity contribution < 1.29 is 38.6 Å². The molecular weight excluding hydrogens is 546 g/mol. The smallest absolute Gasteiger partial charge is 0.322 e. The molecule has 4 atom stereocenters. The van der Waals surface area contributed by atoms with Crippen LogP contribution in [-0.2, 0) is 23.9 Å². The van der Waals surface area contributed by atoms with Crippen LogP contribution in [0.1, 0.15) is 36.8 Å². The van der Waals surface area contributed by atoms with Gasteiger partial charge in [0.2, 0.25) is 5.91 Å². The number of nitrogens with one attached hydrogen (secondary N) is 3. The van der Waals surface area contributed by atoms with Crippen molar-refractivity contribution in [3.05, 3.63) is 71.9 Å². The van der Waals surface area contributed by atoms with Gasteiger partial charge in [0.25, 0.3) is 5.91 Å². The van der Waals surface area contributed by atoms with E-state index in [4.69, 9.17) is 20.9 Å². The Morgan fingerprint density at radius 2 is 1.76 bits per heavy atom. The Morgan fingerprint density at radius 1 is 1.07 bits per heavy atom. The van der Waals surface area contributed by atoms with Gasteiger partial charge in [0, 0.05) is 5.69 Å². The quantitative estimate of drug-likeness (QED) is 0.167. The molecule has 2 aromatic carbocycles. The van der Waals surface area contributed by atoms with Crippen LogP contribution in [0.5, 0.6) is 5.75 Å². The third kappa shape index (κ3) is 10.2. The van der Waals surface area contributed by atoms with Gasteiger partial charge in [-0.3, -0.25) is 24.5 Å². The van der Waals surface area contributed by atoms with Crippen molar-refractivity contribution >= 4 is 35.5 Å². The first-order valence-electron chi connectivity index (χ1n) is 13.1. The monoisotopic (exact) mass is 583 g/mol. The minimum atomic E-state index is -1.47. The Labute approximate surface area is 243 Å². The van der Waals surface area contributed by atoms with Gasteiger partial charge in [-0.1, -0.05) is 43.3 Å². The molecule has 13 nitrogen and oxygen atoms in total. The number of hydrogen-bond acceptors (Lipinski definition) is 9. The number of nitrogens with two attached hydrogens (primary N) is 2. The number of para-hydroxylation sites is 1. The van der Waals surface area contributed by atoms with Crippen LogP contribution in [0.3, 0.4) is 0 Å². The predicted octanol–water partition coefficient (Wildman–Crippen LogP) is 1.76. The number of amides is 4. The number of aliphatic carboxylic acids is 1. The lowest BCUT2D eigenvalue weighted by molar-refractivity contribution is -0.143. The number of carboxylic acids is 1. The van der Waals surface area contributed by atoms with Crippen molar-refractivity contribution in [3.8, 4) is 5.75 Å². The maximum Gasteiger partial charge on any atom is 0.322 e. The average molecular weight is 584 g/mol. The number of carboxylic acid groups (broad SMARTS) is 1. The molecule has 2 aromatic rings. The first-order valence-corrected chi connectivity index (χ1v) is 13.1. The van der Waals surface area contributed by atoms with Crippen LogP contribution in [0.2, 0.25) is 0 Å². The van der Waals surface area contributed by atoms with Crippen molar-refractivity contribution in [1.82, 2.24) is 10.6 Å². The van der Waals surface area contributed by atoms with Crippen molar-refractivity contribution in [2.75, 3.05) is 19.0 Å². The Bertz CT molecular complexity index is 1280. The van der Waals surface area contributed by atoms with Crippen LogP contribution in [0.4, 0.5) is 10.5 Å². The van der Waals surface area contributed by atoms with E-state index in [1.54, 1.807) is 61.5 Å².